The standard InChI is InChI=1S/C8H16Cl2/c1-2-3-4-8(7-10)5-6-9/h8H,2-7H2,1H3. The Kier molecular flexibility index (Phi) is 8.13. The van der Waals surface area contributed by atoms with Crippen LogP contribution in [0.1, 0.15) is 32.6 Å². The van der Waals surface area contributed by atoms with E-state index < -0.39 is 0 Å². The second kappa shape index (κ2) is 7.68. The van der Waals surface area contributed by atoms with Crippen molar-refractivity contribution in [3.8, 4) is 0 Å². The van der Waals surface area contributed by atoms with Gasteiger partial charge in [-0.1, -0.05) is 19.8 Å². The van der Waals surface area contributed by atoms with E-state index in [1.165, 1.54) is 19.3 Å². The highest BCUT2D eigenvalue weighted by molar-refractivity contribution is 6.18. The normalized spacial score (nSPS) is 13.5. The van der Waals surface area contributed by atoms with Crippen LogP contribution < -0.4 is 0 Å². The van der Waals surface area contributed by atoms with Crippen molar-refractivity contribution in [2.24, 2.45) is 5.92 Å². The van der Waals surface area contributed by atoms with Crippen LogP contribution in [0.4, 0.5) is 0 Å². The van der Waals surface area contributed by atoms with Gasteiger partial charge in [-0.15, -0.1) is 23.2 Å². The van der Waals surface area contributed by atoms with Crippen molar-refractivity contribution >= 4 is 23.2 Å². The van der Waals surface area contributed by atoms with E-state index in [0.29, 0.717) is 5.92 Å². The van der Waals surface area contributed by atoms with Gasteiger partial charge in [0.2, 0.25) is 0 Å². The van der Waals surface area contributed by atoms with Crippen molar-refractivity contribution < 1.29 is 0 Å². The minimum atomic E-state index is 0.652. The van der Waals surface area contributed by atoms with Gasteiger partial charge in [-0.3, -0.25) is 0 Å². The fraction of sp³-hybridized carbons (Fsp3) is 1.00. The zero-order chi connectivity index (χ0) is 7.82. The topological polar surface area (TPSA) is 0 Å². The van der Waals surface area contributed by atoms with Gasteiger partial charge in [0.05, 0.1) is 0 Å². The van der Waals surface area contributed by atoms with Crippen molar-refractivity contribution in [2.75, 3.05) is 11.8 Å². The summed E-state index contributed by atoms with van der Waals surface area (Å²) in [5.74, 6) is 2.17. The van der Waals surface area contributed by atoms with E-state index in [4.69, 9.17) is 23.2 Å². The number of rotatable bonds is 6. The molecule has 0 aliphatic rings. The maximum Gasteiger partial charge on any atom is 0.0252 e. The van der Waals surface area contributed by atoms with Gasteiger partial charge in [0.15, 0.2) is 0 Å². The zero-order valence-electron chi connectivity index (χ0n) is 6.58. The van der Waals surface area contributed by atoms with Gasteiger partial charge in [-0.2, -0.15) is 0 Å². The molecule has 0 aromatic carbocycles. The average molecular weight is 183 g/mol. The fourth-order valence-electron chi connectivity index (χ4n) is 0.946. The smallest absolute Gasteiger partial charge is 0.0252 e. The van der Waals surface area contributed by atoms with E-state index >= 15 is 0 Å². The van der Waals surface area contributed by atoms with Crippen LogP contribution in [0.25, 0.3) is 0 Å². The first-order valence-corrected chi connectivity index (χ1v) is 5.04. The van der Waals surface area contributed by atoms with Gasteiger partial charge < -0.3 is 0 Å². The molecule has 0 aromatic heterocycles. The maximum absolute atomic E-state index is 5.72. The third kappa shape index (κ3) is 5.37. The van der Waals surface area contributed by atoms with E-state index in [1.54, 1.807) is 0 Å². The maximum atomic E-state index is 5.72. The molecule has 0 radical (unpaired) electrons. The van der Waals surface area contributed by atoms with Gasteiger partial charge in [-0.25, -0.2) is 0 Å². The summed E-state index contributed by atoms with van der Waals surface area (Å²) in [6.45, 7) is 2.20. The van der Waals surface area contributed by atoms with Crippen LogP contribution in [-0.4, -0.2) is 11.8 Å². The van der Waals surface area contributed by atoms with Crippen LogP contribution in [0.3, 0.4) is 0 Å². The third-order valence-electron chi connectivity index (χ3n) is 1.70. The fourth-order valence-corrected chi connectivity index (χ4v) is 1.56. The summed E-state index contributed by atoms with van der Waals surface area (Å²) >= 11 is 11.3. The Balaban J connectivity index is 3.21. The molecule has 0 N–H and O–H groups in total. The molecule has 0 nitrogen and oxygen atoms in total. The number of hydrogen-bond donors (Lipinski definition) is 0. The second-order valence-corrected chi connectivity index (χ2v) is 3.33. The summed E-state index contributed by atoms with van der Waals surface area (Å²) < 4.78 is 0. The lowest BCUT2D eigenvalue weighted by atomic mass is 10.0. The molecule has 0 spiro atoms. The van der Waals surface area contributed by atoms with Gasteiger partial charge in [0.1, 0.15) is 0 Å². The minimum Gasteiger partial charge on any atom is -0.127 e. The summed E-state index contributed by atoms with van der Waals surface area (Å²) in [7, 11) is 0. The number of alkyl halides is 2. The number of hydrogen-bond acceptors (Lipinski definition) is 0. The highest BCUT2D eigenvalue weighted by Gasteiger charge is 2.04. The molecule has 0 aromatic rings. The second-order valence-electron chi connectivity index (χ2n) is 2.64. The number of halogens is 2. The number of unbranched alkanes of at least 4 members (excludes halogenated alkanes) is 1. The lowest BCUT2D eigenvalue weighted by Gasteiger charge is -2.09. The molecule has 0 saturated carbocycles. The molecule has 1 atom stereocenters. The van der Waals surface area contributed by atoms with Crippen molar-refractivity contribution in [1.82, 2.24) is 0 Å². The summed E-state index contributed by atoms with van der Waals surface area (Å²) in [6.07, 6.45) is 4.86. The van der Waals surface area contributed by atoms with Crippen molar-refractivity contribution in [2.45, 2.75) is 32.6 Å². The van der Waals surface area contributed by atoms with Crippen LogP contribution in [0.2, 0.25) is 0 Å². The van der Waals surface area contributed by atoms with Gasteiger partial charge in [0, 0.05) is 11.8 Å². The predicted molar refractivity (Wildman–Crippen MR) is 49.1 cm³/mol. The molecular weight excluding hydrogens is 167 g/mol. The van der Waals surface area contributed by atoms with Crippen LogP contribution >= 0.6 is 23.2 Å². The van der Waals surface area contributed by atoms with Crippen LogP contribution in [-0.2, 0) is 0 Å². The molecule has 0 rings (SSSR count). The van der Waals surface area contributed by atoms with E-state index in [9.17, 15) is 0 Å². The van der Waals surface area contributed by atoms with Crippen molar-refractivity contribution in [1.29, 1.82) is 0 Å². The minimum absolute atomic E-state index is 0.652. The van der Waals surface area contributed by atoms with Gasteiger partial charge in [0.25, 0.3) is 0 Å². The Bertz CT molecular complexity index is 64.3. The van der Waals surface area contributed by atoms with Crippen LogP contribution in [0.15, 0.2) is 0 Å². The highest BCUT2D eigenvalue weighted by atomic mass is 35.5. The highest BCUT2D eigenvalue weighted by Crippen LogP contribution is 2.14. The molecule has 0 aliphatic heterocycles. The van der Waals surface area contributed by atoms with E-state index in [1.807, 2.05) is 0 Å². The van der Waals surface area contributed by atoms with Crippen molar-refractivity contribution in [3.05, 3.63) is 0 Å². The molecule has 10 heavy (non-hydrogen) atoms. The Labute approximate surface area is 73.9 Å². The Morgan fingerprint density at radius 1 is 1.20 bits per heavy atom. The summed E-state index contributed by atoms with van der Waals surface area (Å²) in [6, 6.07) is 0. The molecule has 0 saturated heterocycles. The van der Waals surface area contributed by atoms with E-state index in [-0.39, 0.29) is 0 Å². The molecule has 62 valence electrons. The zero-order valence-corrected chi connectivity index (χ0v) is 8.09. The first kappa shape index (κ1) is 10.6. The predicted octanol–water partition coefficient (Wildman–Crippen LogP) is 3.66. The molecule has 1 unspecified atom stereocenters. The van der Waals surface area contributed by atoms with E-state index in [2.05, 4.69) is 6.92 Å². The van der Waals surface area contributed by atoms with Gasteiger partial charge in [-0.05, 0) is 18.8 Å². The lowest BCUT2D eigenvalue weighted by Crippen LogP contribution is -2.02. The Hall–Kier alpha value is 0.580. The van der Waals surface area contributed by atoms with E-state index in [0.717, 1.165) is 18.2 Å². The third-order valence-corrected chi connectivity index (χ3v) is 2.36. The molecule has 0 heterocycles. The molecule has 0 fully saturated rings. The van der Waals surface area contributed by atoms with Gasteiger partial charge >= 0.3 is 0 Å². The molecule has 0 bridgehead atoms. The summed E-state index contributed by atoms with van der Waals surface area (Å²) in [5.41, 5.74) is 0. The summed E-state index contributed by atoms with van der Waals surface area (Å²) in [4.78, 5) is 0. The first-order valence-electron chi connectivity index (χ1n) is 3.97. The quantitative estimate of drug-likeness (QED) is 0.551. The Morgan fingerprint density at radius 3 is 2.30 bits per heavy atom. The van der Waals surface area contributed by atoms with Crippen LogP contribution in [0.5, 0.6) is 0 Å². The average Bonchev–Trinajstić information content (AvgIpc) is 1.98. The first-order chi connectivity index (χ1) is 4.85. The lowest BCUT2D eigenvalue weighted by molar-refractivity contribution is 0.499. The van der Waals surface area contributed by atoms with Crippen molar-refractivity contribution in [3.63, 3.8) is 0 Å². The SMILES string of the molecule is CCCCC(CCl)CCCl. The molecule has 2 heteroatoms. The van der Waals surface area contributed by atoms with Crippen LogP contribution in [0, 0.1) is 5.92 Å². The molecular formula is C8H16Cl2. The summed E-state index contributed by atoms with van der Waals surface area (Å²) in [5, 5.41) is 0. The molecule has 0 aliphatic carbocycles. The largest absolute Gasteiger partial charge is 0.127 e. The monoisotopic (exact) mass is 182 g/mol. The molecule has 0 amide bonds. The Morgan fingerprint density at radius 2 is 1.90 bits per heavy atom.